The van der Waals surface area contributed by atoms with E-state index < -0.39 is 0 Å². The second-order valence-electron chi connectivity index (χ2n) is 6.95. The molecule has 3 rings (SSSR count). The van der Waals surface area contributed by atoms with Gasteiger partial charge in [0, 0.05) is 11.8 Å². The van der Waals surface area contributed by atoms with Crippen LogP contribution in [0.25, 0.3) is 0 Å². The Kier molecular flexibility index (Phi) is 7.50. The largest absolute Gasteiger partial charge is 0.489 e. The highest BCUT2D eigenvalue weighted by Crippen LogP contribution is 2.24. The van der Waals surface area contributed by atoms with Crippen molar-refractivity contribution in [1.29, 1.82) is 0 Å². The third kappa shape index (κ3) is 6.71. The molecule has 154 valence electrons. The standard InChI is InChI=1S/C25H26N2O3/c1-19(2)17-29-22-12-8-11-21(15-22)27-25(28)16-26-23-13-6-7-14-24(23)30-18-20-9-4-3-5-10-20/h3-15,26H,1,16-18H2,2H3,(H,27,28). The lowest BCUT2D eigenvalue weighted by Crippen LogP contribution is -2.22. The van der Waals surface area contributed by atoms with E-state index in [1.54, 1.807) is 6.07 Å². The number of hydrogen-bond acceptors (Lipinski definition) is 4. The van der Waals surface area contributed by atoms with E-state index in [1.807, 2.05) is 79.7 Å². The molecule has 5 nitrogen and oxygen atoms in total. The maximum Gasteiger partial charge on any atom is 0.243 e. The first kappa shape index (κ1) is 21.0. The summed E-state index contributed by atoms with van der Waals surface area (Å²) in [7, 11) is 0. The fraction of sp³-hybridized carbons (Fsp3) is 0.160. The van der Waals surface area contributed by atoms with Gasteiger partial charge in [0.1, 0.15) is 24.7 Å². The van der Waals surface area contributed by atoms with Crippen LogP contribution in [-0.2, 0) is 11.4 Å². The maximum atomic E-state index is 12.4. The van der Waals surface area contributed by atoms with Crippen molar-refractivity contribution in [2.75, 3.05) is 23.8 Å². The molecule has 0 atom stereocenters. The predicted octanol–water partition coefficient (Wildman–Crippen LogP) is 5.27. The number of carbonyl (C=O) groups is 1. The molecule has 3 aromatic rings. The van der Waals surface area contributed by atoms with Gasteiger partial charge < -0.3 is 20.1 Å². The molecule has 0 fully saturated rings. The van der Waals surface area contributed by atoms with Gasteiger partial charge in [-0.2, -0.15) is 0 Å². The van der Waals surface area contributed by atoms with Crippen molar-refractivity contribution in [3.05, 3.63) is 96.6 Å². The summed E-state index contributed by atoms with van der Waals surface area (Å²) in [5.41, 5.74) is 3.46. The first-order chi connectivity index (χ1) is 14.6. The van der Waals surface area contributed by atoms with E-state index in [0.717, 1.165) is 16.8 Å². The molecule has 0 bridgehead atoms. The zero-order valence-corrected chi connectivity index (χ0v) is 17.1. The molecule has 0 heterocycles. The lowest BCUT2D eigenvalue weighted by atomic mass is 10.2. The molecule has 0 aromatic heterocycles. The lowest BCUT2D eigenvalue weighted by molar-refractivity contribution is -0.114. The Hall–Kier alpha value is -3.73. The minimum absolute atomic E-state index is 0.114. The Labute approximate surface area is 177 Å². The molecule has 0 saturated carbocycles. The van der Waals surface area contributed by atoms with Crippen LogP contribution < -0.4 is 20.1 Å². The Morgan fingerprint density at radius 1 is 0.933 bits per heavy atom. The highest BCUT2D eigenvalue weighted by Gasteiger charge is 2.07. The molecule has 0 unspecified atom stereocenters. The van der Waals surface area contributed by atoms with Gasteiger partial charge in [-0.25, -0.2) is 0 Å². The van der Waals surface area contributed by atoms with Crippen molar-refractivity contribution in [3.8, 4) is 11.5 Å². The van der Waals surface area contributed by atoms with Crippen LogP contribution in [-0.4, -0.2) is 19.1 Å². The van der Waals surface area contributed by atoms with Gasteiger partial charge >= 0.3 is 0 Å². The van der Waals surface area contributed by atoms with E-state index in [-0.39, 0.29) is 12.5 Å². The number of amides is 1. The highest BCUT2D eigenvalue weighted by molar-refractivity contribution is 5.94. The Balaban J connectivity index is 1.53. The molecule has 3 aromatic carbocycles. The van der Waals surface area contributed by atoms with E-state index in [9.17, 15) is 4.79 Å². The van der Waals surface area contributed by atoms with Crippen molar-refractivity contribution in [1.82, 2.24) is 0 Å². The summed E-state index contributed by atoms with van der Waals surface area (Å²) in [5, 5.41) is 6.02. The summed E-state index contributed by atoms with van der Waals surface area (Å²) < 4.78 is 11.5. The first-order valence-electron chi connectivity index (χ1n) is 9.77. The van der Waals surface area contributed by atoms with Crippen LogP contribution in [0, 0.1) is 0 Å². The van der Waals surface area contributed by atoms with Crippen LogP contribution in [0.15, 0.2) is 91.0 Å². The molecule has 0 saturated heterocycles. The van der Waals surface area contributed by atoms with Crippen LogP contribution in [0.4, 0.5) is 11.4 Å². The molecule has 0 spiro atoms. The molecular formula is C25H26N2O3. The number of rotatable bonds is 10. The van der Waals surface area contributed by atoms with E-state index in [1.165, 1.54) is 0 Å². The molecule has 0 aliphatic rings. The van der Waals surface area contributed by atoms with Crippen molar-refractivity contribution < 1.29 is 14.3 Å². The van der Waals surface area contributed by atoms with Crippen molar-refractivity contribution in [3.63, 3.8) is 0 Å². The van der Waals surface area contributed by atoms with Gasteiger partial charge in [-0.3, -0.25) is 4.79 Å². The zero-order chi connectivity index (χ0) is 21.2. The van der Waals surface area contributed by atoms with Gasteiger partial charge in [0.15, 0.2) is 0 Å². The van der Waals surface area contributed by atoms with E-state index in [4.69, 9.17) is 9.47 Å². The highest BCUT2D eigenvalue weighted by atomic mass is 16.5. The summed E-state index contributed by atoms with van der Waals surface area (Å²) in [4.78, 5) is 12.4. The zero-order valence-electron chi connectivity index (χ0n) is 17.1. The molecule has 30 heavy (non-hydrogen) atoms. The average molecular weight is 402 g/mol. The Morgan fingerprint density at radius 3 is 2.50 bits per heavy atom. The minimum Gasteiger partial charge on any atom is -0.489 e. The molecule has 2 N–H and O–H groups in total. The fourth-order valence-corrected chi connectivity index (χ4v) is 2.72. The number of ether oxygens (including phenoxy) is 2. The number of carbonyl (C=O) groups excluding carboxylic acids is 1. The summed E-state index contributed by atoms with van der Waals surface area (Å²) in [6, 6.07) is 24.8. The second kappa shape index (κ2) is 10.7. The summed E-state index contributed by atoms with van der Waals surface area (Å²) >= 11 is 0. The fourth-order valence-electron chi connectivity index (χ4n) is 2.72. The van der Waals surface area contributed by atoms with Gasteiger partial charge in [0.25, 0.3) is 0 Å². The van der Waals surface area contributed by atoms with Gasteiger partial charge in [0.05, 0.1) is 12.2 Å². The van der Waals surface area contributed by atoms with Crippen LogP contribution in [0.2, 0.25) is 0 Å². The molecule has 0 aliphatic carbocycles. The van der Waals surface area contributed by atoms with E-state index in [0.29, 0.717) is 30.4 Å². The molecule has 0 aliphatic heterocycles. The molecule has 0 radical (unpaired) electrons. The summed E-state index contributed by atoms with van der Waals surface area (Å²) in [6.07, 6.45) is 0. The van der Waals surface area contributed by atoms with Crippen molar-refractivity contribution >= 4 is 17.3 Å². The van der Waals surface area contributed by atoms with Gasteiger partial charge in [-0.05, 0) is 42.3 Å². The normalized spacial score (nSPS) is 10.2. The first-order valence-corrected chi connectivity index (χ1v) is 9.77. The van der Waals surface area contributed by atoms with Crippen molar-refractivity contribution in [2.45, 2.75) is 13.5 Å². The van der Waals surface area contributed by atoms with E-state index in [2.05, 4.69) is 17.2 Å². The number of para-hydroxylation sites is 2. The van der Waals surface area contributed by atoms with Crippen LogP contribution in [0.1, 0.15) is 12.5 Å². The maximum absolute atomic E-state index is 12.4. The summed E-state index contributed by atoms with van der Waals surface area (Å²) in [5.74, 6) is 1.22. The lowest BCUT2D eigenvalue weighted by Gasteiger charge is -2.14. The van der Waals surface area contributed by atoms with E-state index >= 15 is 0 Å². The van der Waals surface area contributed by atoms with Gasteiger partial charge in [-0.1, -0.05) is 55.1 Å². The third-order valence-electron chi connectivity index (χ3n) is 4.17. The predicted molar refractivity (Wildman–Crippen MR) is 121 cm³/mol. The minimum atomic E-state index is -0.162. The third-order valence-corrected chi connectivity index (χ3v) is 4.17. The molecule has 5 heteroatoms. The van der Waals surface area contributed by atoms with Gasteiger partial charge in [-0.15, -0.1) is 0 Å². The van der Waals surface area contributed by atoms with Gasteiger partial charge in [0.2, 0.25) is 5.91 Å². The van der Waals surface area contributed by atoms with Crippen molar-refractivity contribution in [2.24, 2.45) is 0 Å². The number of anilines is 2. The average Bonchev–Trinajstić information content (AvgIpc) is 2.76. The molecular weight excluding hydrogens is 376 g/mol. The SMILES string of the molecule is C=C(C)COc1cccc(NC(=O)CNc2ccccc2OCc2ccccc2)c1. The Morgan fingerprint density at radius 2 is 1.70 bits per heavy atom. The van der Waals surface area contributed by atoms with Crippen LogP contribution >= 0.6 is 0 Å². The topological polar surface area (TPSA) is 59.6 Å². The van der Waals surface area contributed by atoms with Crippen LogP contribution in [0.5, 0.6) is 11.5 Å². The second-order valence-corrected chi connectivity index (χ2v) is 6.95. The monoisotopic (exact) mass is 402 g/mol. The Bertz CT molecular complexity index is 986. The summed E-state index contributed by atoms with van der Waals surface area (Å²) in [6.45, 7) is 6.74. The smallest absolute Gasteiger partial charge is 0.243 e. The number of benzene rings is 3. The number of hydrogen-bond donors (Lipinski definition) is 2. The quantitative estimate of drug-likeness (QED) is 0.454. The molecule has 1 amide bonds. The van der Waals surface area contributed by atoms with Crippen LogP contribution in [0.3, 0.4) is 0 Å². The number of nitrogens with one attached hydrogen (secondary N) is 2.